The Hall–Kier alpha value is -2.84. The highest BCUT2D eigenvalue weighted by Gasteiger charge is 2.20. The van der Waals surface area contributed by atoms with Crippen LogP contribution < -0.4 is 16.0 Å². The third kappa shape index (κ3) is 3.81. The molecule has 0 fully saturated rings. The summed E-state index contributed by atoms with van der Waals surface area (Å²) in [5.41, 5.74) is 1.42. The lowest BCUT2D eigenvalue weighted by Gasteiger charge is -2.19. The standard InChI is InChI=1S/C19H19N3O4S/c1-11-2-3-16(27-11)12-6-13-9-22(4-5-26-18(13)15(23)7-12)10-14-8-17(24)21-19(25)20-14/h2-3,6-8,23H,4-5,9-10H2,1H3,(H2,20,21,24,25). The molecule has 2 aromatic heterocycles. The minimum Gasteiger partial charge on any atom is -0.504 e. The van der Waals surface area contributed by atoms with E-state index >= 15 is 0 Å². The van der Waals surface area contributed by atoms with Gasteiger partial charge in [0.25, 0.3) is 5.56 Å². The largest absolute Gasteiger partial charge is 0.504 e. The molecule has 3 heterocycles. The van der Waals surface area contributed by atoms with Crippen molar-refractivity contribution in [3.05, 3.63) is 67.3 Å². The van der Waals surface area contributed by atoms with E-state index in [2.05, 4.69) is 20.9 Å². The van der Waals surface area contributed by atoms with Crippen molar-refractivity contribution in [3.63, 3.8) is 0 Å². The fourth-order valence-electron chi connectivity index (χ4n) is 3.27. The Kier molecular flexibility index (Phi) is 4.59. The predicted molar refractivity (Wildman–Crippen MR) is 103 cm³/mol. The number of phenolic OH excluding ortho intramolecular Hbond substituents is 1. The van der Waals surface area contributed by atoms with E-state index in [0.29, 0.717) is 37.7 Å². The Morgan fingerprint density at radius 2 is 2.07 bits per heavy atom. The zero-order valence-corrected chi connectivity index (χ0v) is 15.6. The van der Waals surface area contributed by atoms with Gasteiger partial charge in [-0.1, -0.05) is 0 Å². The first-order valence-electron chi connectivity index (χ1n) is 8.58. The first kappa shape index (κ1) is 17.6. The van der Waals surface area contributed by atoms with Crippen LogP contribution in [0.25, 0.3) is 10.4 Å². The topological polar surface area (TPSA) is 98.4 Å². The van der Waals surface area contributed by atoms with E-state index in [1.807, 2.05) is 19.1 Å². The summed E-state index contributed by atoms with van der Waals surface area (Å²) in [7, 11) is 0. The SMILES string of the molecule is Cc1ccc(-c2cc(O)c3c(c2)CN(Cc2cc(=O)[nH]c(=O)[nH]2)CCO3)s1. The lowest BCUT2D eigenvalue weighted by molar-refractivity contribution is 0.215. The summed E-state index contributed by atoms with van der Waals surface area (Å²) in [4.78, 5) is 32.2. The highest BCUT2D eigenvalue weighted by molar-refractivity contribution is 7.15. The first-order valence-corrected chi connectivity index (χ1v) is 9.40. The number of benzene rings is 1. The second kappa shape index (κ2) is 7.05. The Labute approximate surface area is 158 Å². The van der Waals surface area contributed by atoms with Crippen LogP contribution in [0.15, 0.2) is 39.9 Å². The zero-order chi connectivity index (χ0) is 19.0. The molecule has 7 nitrogen and oxygen atoms in total. The smallest absolute Gasteiger partial charge is 0.325 e. The van der Waals surface area contributed by atoms with Gasteiger partial charge in [0.1, 0.15) is 6.61 Å². The molecule has 1 aromatic carbocycles. The summed E-state index contributed by atoms with van der Waals surface area (Å²) in [5.74, 6) is 0.619. The maximum atomic E-state index is 11.5. The van der Waals surface area contributed by atoms with Gasteiger partial charge in [-0.15, -0.1) is 11.3 Å². The van der Waals surface area contributed by atoms with Crippen molar-refractivity contribution in [3.8, 4) is 21.9 Å². The number of hydrogen-bond acceptors (Lipinski definition) is 6. The number of fused-ring (bicyclic) bond motifs is 1. The van der Waals surface area contributed by atoms with Gasteiger partial charge < -0.3 is 14.8 Å². The molecule has 0 spiro atoms. The maximum Gasteiger partial charge on any atom is 0.325 e. The summed E-state index contributed by atoms with van der Waals surface area (Å²) in [5, 5.41) is 10.4. The Balaban J connectivity index is 1.65. The quantitative estimate of drug-likeness (QED) is 0.642. The Bertz CT molecular complexity index is 1070. The molecular weight excluding hydrogens is 366 g/mol. The third-order valence-electron chi connectivity index (χ3n) is 4.43. The molecule has 1 aliphatic heterocycles. The average molecular weight is 385 g/mol. The highest BCUT2D eigenvalue weighted by atomic mass is 32.1. The maximum absolute atomic E-state index is 11.5. The van der Waals surface area contributed by atoms with E-state index in [4.69, 9.17) is 4.74 Å². The number of hydrogen-bond donors (Lipinski definition) is 3. The van der Waals surface area contributed by atoms with Gasteiger partial charge in [-0.25, -0.2) is 4.79 Å². The van der Waals surface area contributed by atoms with Crippen LogP contribution in [0.2, 0.25) is 0 Å². The van der Waals surface area contributed by atoms with Crippen LogP contribution in [-0.4, -0.2) is 33.1 Å². The van der Waals surface area contributed by atoms with E-state index in [-0.39, 0.29) is 5.75 Å². The second-order valence-electron chi connectivity index (χ2n) is 6.57. The van der Waals surface area contributed by atoms with Crippen LogP contribution >= 0.6 is 11.3 Å². The number of aryl methyl sites for hydroxylation is 1. The predicted octanol–water partition coefficient (Wildman–Crippen LogP) is 2.20. The molecule has 27 heavy (non-hydrogen) atoms. The molecule has 0 atom stereocenters. The highest BCUT2D eigenvalue weighted by Crippen LogP contribution is 2.39. The molecule has 0 saturated carbocycles. The van der Waals surface area contributed by atoms with Crippen LogP contribution in [0.1, 0.15) is 16.1 Å². The van der Waals surface area contributed by atoms with Gasteiger partial charge in [0.05, 0.1) is 0 Å². The van der Waals surface area contributed by atoms with Crippen molar-refractivity contribution in [2.45, 2.75) is 20.0 Å². The molecule has 0 unspecified atom stereocenters. The molecule has 0 bridgehead atoms. The molecule has 0 amide bonds. The van der Waals surface area contributed by atoms with Crippen molar-refractivity contribution in [2.24, 2.45) is 0 Å². The molecule has 4 rings (SSSR count). The van der Waals surface area contributed by atoms with Crippen LogP contribution in [0.4, 0.5) is 0 Å². The van der Waals surface area contributed by atoms with Crippen LogP contribution in [0.3, 0.4) is 0 Å². The number of ether oxygens (including phenoxy) is 1. The number of nitrogens with zero attached hydrogens (tertiary/aromatic N) is 1. The number of rotatable bonds is 3. The van der Waals surface area contributed by atoms with E-state index in [0.717, 1.165) is 16.0 Å². The Morgan fingerprint density at radius 3 is 2.81 bits per heavy atom. The lowest BCUT2D eigenvalue weighted by atomic mass is 10.1. The monoisotopic (exact) mass is 385 g/mol. The summed E-state index contributed by atoms with van der Waals surface area (Å²) in [6, 6.07) is 9.23. The van der Waals surface area contributed by atoms with Crippen molar-refractivity contribution < 1.29 is 9.84 Å². The number of nitrogens with one attached hydrogen (secondary N) is 2. The zero-order valence-electron chi connectivity index (χ0n) is 14.7. The lowest BCUT2D eigenvalue weighted by Crippen LogP contribution is -2.29. The Morgan fingerprint density at radius 1 is 1.22 bits per heavy atom. The van der Waals surface area contributed by atoms with Gasteiger partial charge in [0.15, 0.2) is 11.5 Å². The molecule has 3 aromatic rings. The molecule has 1 aliphatic rings. The minimum absolute atomic E-state index is 0.125. The van der Waals surface area contributed by atoms with Crippen LogP contribution in [0, 0.1) is 6.92 Å². The van der Waals surface area contributed by atoms with Gasteiger partial charge in [-0.05, 0) is 36.8 Å². The number of phenols is 1. The minimum atomic E-state index is -0.517. The van der Waals surface area contributed by atoms with Crippen LogP contribution in [0.5, 0.6) is 11.5 Å². The van der Waals surface area contributed by atoms with E-state index in [1.165, 1.54) is 10.9 Å². The number of aromatic hydroxyl groups is 1. The molecule has 0 aliphatic carbocycles. The van der Waals surface area contributed by atoms with Gasteiger partial charge in [0.2, 0.25) is 0 Å². The fraction of sp³-hybridized carbons (Fsp3) is 0.263. The summed E-state index contributed by atoms with van der Waals surface area (Å²) >= 11 is 1.67. The molecule has 0 radical (unpaired) electrons. The summed E-state index contributed by atoms with van der Waals surface area (Å²) in [6.45, 7) is 4.01. The fourth-order valence-corrected chi connectivity index (χ4v) is 4.12. The van der Waals surface area contributed by atoms with Gasteiger partial charge in [-0.2, -0.15) is 0 Å². The number of H-pyrrole nitrogens is 2. The van der Waals surface area contributed by atoms with Gasteiger partial charge in [-0.3, -0.25) is 14.7 Å². The molecule has 0 saturated heterocycles. The molecule has 3 N–H and O–H groups in total. The second-order valence-corrected chi connectivity index (χ2v) is 7.85. The number of thiophene rings is 1. The van der Waals surface area contributed by atoms with Crippen LogP contribution in [-0.2, 0) is 13.1 Å². The normalized spacial score (nSPS) is 14.4. The summed E-state index contributed by atoms with van der Waals surface area (Å²) < 4.78 is 5.76. The molecule has 140 valence electrons. The van der Waals surface area contributed by atoms with Gasteiger partial charge in [0, 0.05) is 46.7 Å². The van der Waals surface area contributed by atoms with Gasteiger partial charge >= 0.3 is 5.69 Å². The van der Waals surface area contributed by atoms with Crippen molar-refractivity contribution in [1.82, 2.24) is 14.9 Å². The number of aromatic amines is 2. The van der Waals surface area contributed by atoms with Crippen molar-refractivity contribution >= 4 is 11.3 Å². The molecule has 8 heteroatoms. The average Bonchev–Trinajstić information content (AvgIpc) is 2.91. The number of aromatic nitrogens is 2. The third-order valence-corrected chi connectivity index (χ3v) is 5.48. The molecular formula is C19H19N3O4S. The van der Waals surface area contributed by atoms with E-state index in [9.17, 15) is 14.7 Å². The van der Waals surface area contributed by atoms with Crippen molar-refractivity contribution in [2.75, 3.05) is 13.2 Å². The first-order chi connectivity index (χ1) is 13.0. The van der Waals surface area contributed by atoms with E-state index < -0.39 is 11.2 Å². The summed E-state index contributed by atoms with van der Waals surface area (Å²) in [6.07, 6.45) is 0. The van der Waals surface area contributed by atoms with E-state index in [1.54, 1.807) is 17.4 Å². The van der Waals surface area contributed by atoms with Crippen molar-refractivity contribution in [1.29, 1.82) is 0 Å².